The number of rotatable bonds is 12. The van der Waals surface area contributed by atoms with Crippen molar-refractivity contribution >= 4 is 11.6 Å². The highest BCUT2D eigenvalue weighted by Crippen LogP contribution is 2.16. The van der Waals surface area contributed by atoms with E-state index in [2.05, 4.69) is 17.6 Å². The maximum atomic E-state index is 11.5. The number of nitrogens with one attached hydrogen (secondary N) is 2. The lowest BCUT2D eigenvalue weighted by Crippen LogP contribution is -2.32. The van der Waals surface area contributed by atoms with E-state index in [1.54, 1.807) is 7.11 Å². The molecule has 0 unspecified atom stereocenters. The number of carbonyl (C=O) groups is 1. The van der Waals surface area contributed by atoms with Crippen molar-refractivity contribution in [3.63, 3.8) is 0 Å². The Morgan fingerprint density at radius 3 is 2.55 bits per heavy atom. The smallest absolute Gasteiger partial charge is 0.239 e. The second-order valence-electron chi connectivity index (χ2n) is 5.13. The van der Waals surface area contributed by atoms with Crippen LogP contribution in [-0.4, -0.2) is 39.3 Å². The summed E-state index contributed by atoms with van der Waals surface area (Å²) in [5.74, 6) is 0.819. The summed E-state index contributed by atoms with van der Waals surface area (Å²) in [5, 5.41) is 5.83. The molecular weight excluding hydrogens is 280 g/mol. The number of anilines is 1. The molecule has 1 amide bonds. The van der Waals surface area contributed by atoms with E-state index in [9.17, 15) is 4.79 Å². The second kappa shape index (κ2) is 11.9. The lowest BCUT2D eigenvalue weighted by atomic mass is 10.2. The van der Waals surface area contributed by atoms with E-state index in [1.165, 1.54) is 19.3 Å². The first-order valence-corrected chi connectivity index (χ1v) is 7.98. The second-order valence-corrected chi connectivity index (χ2v) is 5.13. The molecule has 0 spiro atoms. The number of amides is 1. The van der Waals surface area contributed by atoms with Gasteiger partial charge in [0.05, 0.1) is 19.8 Å². The maximum Gasteiger partial charge on any atom is 0.239 e. The quantitative estimate of drug-likeness (QED) is 0.583. The summed E-state index contributed by atoms with van der Waals surface area (Å²) in [6, 6.07) is 7.68. The molecule has 2 N–H and O–H groups in total. The molecule has 1 rings (SSSR count). The lowest BCUT2D eigenvalue weighted by Gasteiger charge is -2.09. The minimum Gasteiger partial charge on any atom is -0.494 e. The predicted molar refractivity (Wildman–Crippen MR) is 89.5 cm³/mol. The Bertz CT molecular complexity index is 407. The SMILES string of the molecule is CCCCCCOc1ccc(NCC(=O)NCCOC)cc1. The minimum atomic E-state index is -0.0479. The van der Waals surface area contributed by atoms with Crippen molar-refractivity contribution in [2.75, 3.05) is 38.7 Å². The molecule has 5 nitrogen and oxygen atoms in total. The molecule has 0 fully saturated rings. The van der Waals surface area contributed by atoms with Crippen molar-refractivity contribution in [1.29, 1.82) is 0 Å². The van der Waals surface area contributed by atoms with Crippen LogP contribution in [0.25, 0.3) is 0 Å². The van der Waals surface area contributed by atoms with Crippen molar-refractivity contribution in [1.82, 2.24) is 5.32 Å². The summed E-state index contributed by atoms with van der Waals surface area (Å²) in [6.07, 6.45) is 4.81. The highest BCUT2D eigenvalue weighted by Gasteiger charge is 2.01. The van der Waals surface area contributed by atoms with E-state index in [0.717, 1.165) is 24.5 Å². The number of carbonyl (C=O) groups excluding carboxylic acids is 1. The van der Waals surface area contributed by atoms with Gasteiger partial charge in [0, 0.05) is 19.3 Å². The van der Waals surface area contributed by atoms with Gasteiger partial charge in [-0.3, -0.25) is 4.79 Å². The third-order valence-corrected chi connectivity index (χ3v) is 3.20. The molecule has 0 saturated heterocycles. The zero-order chi connectivity index (χ0) is 16.0. The molecule has 124 valence electrons. The van der Waals surface area contributed by atoms with Crippen LogP contribution in [0.2, 0.25) is 0 Å². The van der Waals surface area contributed by atoms with Crippen LogP contribution in [0.3, 0.4) is 0 Å². The standard InChI is InChI=1S/C17H28N2O3/c1-3-4-5-6-12-22-16-9-7-15(8-10-16)19-14-17(20)18-11-13-21-2/h7-10,19H,3-6,11-14H2,1-2H3,(H,18,20). The van der Waals surface area contributed by atoms with Crippen molar-refractivity contribution in [2.45, 2.75) is 32.6 Å². The molecule has 0 atom stereocenters. The van der Waals surface area contributed by atoms with Gasteiger partial charge >= 0.3 is 0 Å². The number of unbranched alkanes of at least 4 members (excludes halogenated alkanes) is 3. The molecule has 22 heavy (non-hydrogen) atoms. The van der Waals surface area contributed by atoms with Crippen LogP contribution in [-0.2, 0) is 9.53 Å². The largest absolute Gasteiger partial charge is 0.494 e. The topological polar surface area (TPSA) is 59.6 Å². The Morgan fingerprint density at radius 1 is 1.09 bits per heavy atom. The zero-order valence-electron chi connectivity index (χ0n) is 13.7. The summed E-state index contributed by atoms with van der Waals surface area (Å²) >= 11 is 0. The Morgan fingerprint density at radius 2 is 1.86 bits per heavy atom. The van der Waals surface area contributed by atoms with Crippen molar-refractivity contribution < 1.29 is 14.3 Å². The van der Waals surface area contributed by atoms with E-state index < -0.39 is 0 Å². The van der Waals surface area contributed by atoms with Crippen LogP contribution in [0.5, 0.6) is 5.75 Å². The monoisotopic (exact) mass is 308 g/mol. The van der Waals surface area contributed by atoms with Crippen LogP contribution in [0.4, 0.5) is 5.69 Å². The van der Waals surface area contributed by atoms with E-state index in [4.69, 9.17) is 9.47 Å². The number of ether oxygens (including phenoxy) is 2. The molecule has 1 aromatic carbocycles. The Hall–Kier alpha value is -1.75. The molecule has 5 heteroatoms. The first-order valence-electron chi connectivity index (χ1n) is 7.98. The molecule has 0 heterocycles. The Balaban J connectivity index is 2.19. The first-order chi connectivity index (χ1) is 10.8. The van der Waals surface area contributed by atoms with Gasteiger partial charge in [0.1, 0.15) is 5.75 Å². The van der Waals surface area contributed by atoms with Gasteiger partial charge in [-0.15, -0.1) is 0 Å². The van der Waals surface area contributed by atoms with Gasteiger partial charge in [-0.05, 0) is 30.7 Å². The summed E-state index contributed by atoms with van der Waals surface area (Å²) in [7, 11) is 1.61. The molecule has 0 aliphatic rings. The highest BCUT2D eigenvalue weighted by atomic mass is 16.5. The highest BCUT2D eigenvalue weighted by molar-refractivity contribution is 5.80. The first kappa shape index (κ1) is 18.3. The number of methoxy groups -OCH3 is 1. The van der Waals surface area contributed by atoms with Crippen molar-refractivity contribution in [3.05, 3.63) is 24.3 Å². The predicted octanol–water partition coefficient (Wildman–Crippen LogP) is 2.82. The third kappa shape index (κ3) is 8.52. The molecule has 0 saturated carbocycles. The summed E-state index contributed by atoms with van der Waals surface area (Å²) < 4.78 is 10.6. The van der Waals surface area contributed by atoms with E-state index in [0.29, 0.717) is 13.2 Å². The van der Waals surface area contributed by atoms with Gasteiger partial charge in [-0.2, -0.15) is 0 Å². The fourth-order valence-corrected chi connectivity index (χ4v) is 1.93. The number of hydrogen-bond donors (Lipinski definition) is 2. The van der Waals surface area contributed by atoms with Gasteiger partial charge in [0.2, 0.25) is 5.91 Å². The van der Waals surface area contributed by atoms with Crippen LogP contribution in [0.1, 0.15) is 32.6 Å². The summed E-state index contributed by atoms with van der Waals surface area (Å²) in [6.45, 7) is 4.26. The van der Waals surface area contributed by atoms with Crippen LogP contribution >= 0.6 is 0 Å². The van der Waals surface area contributed by atoms with Crippen LogP contribution < -0.4 is 15.4 Å². The molecule has 0 aromatic heterocycles. The van der Waals surface area contributed by atoms with Gasteiger partial charge in [-0.25, -0.2) is 0 Å². The average molecular weight is 308 g/mol. The summed E-state index contributed by atoms with van der Waals surface area (Å²) in [5.41, 5.74) is 0.903. The van der Waals surface area contributed by atoms with Gasteiger partial charge in [0.15, 0.2) is 0 Å². The van der Waals surface area contributed by atoms with Crippen LogP contribution in [0, 0.1) is 0 Å². The molecular formula is C17H28N2O3. The van der Waals surface area contributed by atoms with E-state index >= 15 is 0 Å². The fraction of sp³-hybridized carbons (Fsp3) is 0.588. The maximum absolute atomic E-state index is 11.5. The van der Waals surface area contributed by atoms with Gasteiger partial charge in [0.25, 0.3) is 0 Å². The van der Waals surface area contributed by atoms with E-state index in [-0.39, 0.29) is 12.5 Å². The molecule has 0 radical (unpaired) electrons. The van der Waals surface area contributed by atoms with Crippen LogP contribution in [0.15, 0.2) is 24.3 Å². The third-order valence-electron chi connectivity index (χ3n) is 3.20. The Labute approximate surface area is 133 Å². The molecule has 0 aliphatic heterocycles. The zero-order valence-corrected chi connectivity index (χ0v) is 13.7. The lowest BCUT2D eigenvalue weighted by molar-refractivity contribution is -0.119. The Kier molecular flexibility index (Phi) is 9.87. The number of hydrogen-bond acceptors (Lipinski definition) is 4. The molecule has 0 aliphatic carbocycles. The van der Waals surface area contributed by atoms with Crippen molar-refractivity contribution in [2.24, 2.45) is 0 Å². The summed E-state index contributed by atoms with van der Waals surface area (Å²) in [4.78, 5) is 11.5. The molecule has 0 bridgehead atoms. The van der Waals surface area contributed by atoms with E-state index in [1.807, 2.05) is 24.3 Å². The van der Waals surface area contributed by atoms with Gasteiger partial charge < -0.3 is 20.1 Å². The minimum absolute atomic E-state index is 0.0479. The molecule has 1 aromatic rings. The van der Waals surface area contributed by atoms with Crippen molar-refractivity contribution in [3.8, 4) is 5.75 Å². The number of benzene rings is 1. The average Bonchev–Trinajstić information content (AvgIpc) is 2.54. The van der Waals surface area contributed by atoms with Gasteiger partial charge in [-0.1, -0.05) is 26.2 Å². The fourth-order valence-electron chi connectivity index (χ4n) is 1.93. The normalized spacial score (nSPS) is 10.3.